The van der Waals surface area contributed by atoms with Gasteiger partial charge in [0.1, 0.15) is 17.9 Å². The van der Waals surface area contributed by atoms with Gasteiger partial charge in [0.15, 0.2) is 5.82 Å². The summed E-state index contributed by atoms with van der Waals surface area (Å²) in [6.45, 7) is 5.36. The second-order valence-electron chi connectivity index (χ2n) is 7.84. The van der Waals surface area contributed by atoms with Crippen LogP contribution < -0.4 is 15.1 Å². The Morgan fingerprint density at radius 3 is 2.76 bits per heavy atom. The van der Waals surface area contributed by atoms with Gasteiger partial charge < -0.3 is 15.1 Å². The van der Waals surface area contributed by atoms with Crippen LogP contribution in [0.4, 0.5) is 17.3 Å². The van der Waals surface area contributed by atoms with Crippen molar-refractivity contribution < 1.29 is 4.79 Å². The number of rotatable bonds is 3. The first-order valence-corrected chi connectivity index (χ1v) is 10.1. The quantitative estimate of drug-likeness (QED) is 0.853. The van der Waals surface area contributed by atoms with Crippen LogP contribution in [0.15, 0.2) is 30.6 Å². The molecule has 2 fully saturated rings. The number of carbonyl (C=O) groups excluding carboxylic acids is 1. The molecule has 8 nitrogen and oxygen atoms in total. The molecule has 3 aliphatic heterocycles. The van der Waals surface area contributed by atoms with E-state index in [0.717, 1.165) is 75.0 Å². The van der Waals surface area contributed by atoms with Crippen LogP contribution in [-0.2, 0) is 11.3 Å². The Morgan fingerprint density at radius 1 is 1.14 bits per heavy atom. The summed E-state index contributed by atoms with van der Waals surface area (Å²) in [6, 6.07) is 7.85. The molecule has 0 aliphatic carbocycles. The molecule has 2 saturated heterocycles. The molecule has 1 N–H and O–H groups in total. The molecule has 1 atom stereocenters. The molecule has 29 heavy (non-hydrogen) atoms. The lowest BCUT2D eigenvalue weighted by Gasteiger charge is -2.36. The lowest BCUT2D eigenvalue weighted by molar-refractivity contribution is -0.117. The Morgan fingerprint density at radius 2 is 2.00 bits per heavy atom. The maximum Gasteiger partial charge on any atom is 0.247 e. The van der Waals surface area contributed by atoms with E-state index in [1.807, 2.05) is 18.3 Å². The minimum absolute atomic E-state index is 0.0511. The molecular weight excluding hydrogens is 366 g/mol. The zero-order valence-electron chi connectivity index (χ0n) is 16.2. The van der Waals surface area contributed by atoms with Gasteiger partial charge >= 0.3 is 0 Å². The number of hydrogen-bond donors (Lipinski definition) is 1. The van der Waals surface area contributed by atoms with Crippen molar-refractivity contribution in [3.63, 3.8) is 0 Å². The number of nitrogens with zero attached hydrogens (tertiary/aromatic N) is 6. The minimum atomic E-state index is -0.0511. The van der Waals surface area contributed by atoms with Gasteiger partial charge in [-0.05, 0) is 36.6 Å². The number of nitrogens with one attached hydrogen (secondary N) is 1. The molecule has 5 rings (SSSR count). The van der Waals surface area contributed by atoms with Crippen LogP contribution in [-0.4, -0.2) is 59.5 Å². The first-order chi connectivity index (χ1) is 14.2. The van der Waals surface area contributed by atoms with Gasteiger partial charge in [-0.2, -0.15) is 5.26 Å². The zero-order chi connectivity index (χ0) is 19.8. The maximum absolute atomic E-state index is 12.3. The van der Waals surface area contributed by atoms with Gasteiger partial charge in [-0.1, -0.05) is 0 Å². The second kappa shape index (κ2) is 7.33. The number of nitriles is 1. The molecule has 0 radical (unpaired) electrons. The van der Waals surface area contributed by atoms with E-state index in [2.05, 4.69) is 42.1 Å². The molecule has 0 bridgehead atoms. The summed E-state index contributed by atoms with van der Waals surface area (Å²) in [4.78, 5) is 28.2. The molecule has 2 aromatic rings. The van der Waals surface area contributed by atoms with Crippen LogP contribution >= 0.6 is 0 Å². The number of aromatic nitrogens is 2. The fourth-order valence-corrected chi connectivity index (χ4v) is 4.45. The van der Waals surface area contributed by atoms with Gasteiger partial charge in [-0.25, -0.2) is 9.97 Å². The third kappa shape index (κ3) is 3.38. The average Bonchev–Trinajstić information content (AvgIpc) is 3.25. The molecule has 0 saturated carbocycles. The highest BCUT2D eigenvalue weighted by atomic mass is 16.2. The lowest BCUT2D eigenvalue weighted by atomic mass is 10.1. The number of pyridine rings is 2. The lowest BCUT2D eigenvalue weighted by Crippen LogP contribution is -2.46. The molecule has 0 spiro atoms. The van der Waals surface area contributed by atoms with Crippen molar-refractivity contribution in [2.75, 3.05) is 47.8 Å². The van der Waals surface area contributed by atoms with Crippen molar-refractivity contribution in [1.29, 1.82) is 5.26 Å². The van der Waals surface area contributed by atoms with Crippen LogP contribution in [0.5, 0.6) is 0 Å². The molecular formula is C21H23N7O. The van der Waals surface area contributed by atoms with Crippen LogP contribution in [0.1, 0.15) is 24.0 Å². The van der Waals surface area contributed by atoms with Crippen molar-refractivity contribution in [2.24, 2.45) is 0 Å². The third-order valence-corrected chi connectivity index (χ3v) is 5.99. The van der Waals surface area contributed by atoms with Crippen LogP contribution in [0.3, 0.4) is 0 Å². The normalized spacial score (nSPS) is 21.3. The van der Waals surface area contributed by atoms with E-state index in [4.69, 9.17) is 5.26 Å². The maximum atomic E-state index is 12.3. The van der Waals surface area contributed by atoms with Crippen molar-refractivity contribution in [3.05, 3.63) is 41.7 Å². The van der Waals surface area contributed by atoms with E-state index >= 15 is 0 Å². The van der Waals surface area contributed by atoms with Crippen molar-refractivity contribution in [3.8, 4) is 6.07 Å². The highest BCUT2D eigenvalue weighted by Crippen LogP contribution is 2.35. The van der Waals surface area contributed by atoms with Gasteiger partial charge in [-0.3, -0.25) is 9.69 Å². The predicted molar refractivity (Wildman–Crippen MR) is 110 cm³/mol. The van der Waals surface area contributed by atoms with E-state index in [-0.39, 0.29) is 11.9 Å². The molecule has 148 valence electrons. The molecule has 3 aliphatic rings. The van der Waals surface area contributed by atoms with E-state index in [9.17, 15) is 4.79 Å². The van der Waals surface area contributed by atoms with Gasteiger partial charge in [0.05, 0.1) is 11.3 Å². The fraction of sp³-hybridized carbons (Fsp3) is 0.429. The molecule has 5 heterocycles. The summed E-state index contributed by atoms with van der Waals surface area (Å²) >= 11 is 0. The average molecular weight is 389 g/mol. The summed E-state index contributed by atoms with van der Waals surface area (Å²) < 4.78 is 0. The van der Waals surface area contributed by atoms with Crippen molar-refractivity contribution >= 4 is 23.2 Å². The Bertz CT molecular complexity index is 960. The smallest absolute Gasteiger partial charge is 0.247 e. The Hall–Kier alpha value is -3.18. The number of piperazine rings is 1. The number of amides is 1. The monoisotopic (exact) mass is 389 g/mol. The van der Waals surface area contributed by atoms with Crippen LogP contribution in [0, 0.1) is 11.3 Å². The number of hydrogen-bond acceptors (Lipinski definition) is 7. The predicted octanol–water partition coefficient (Wildman–Crippen LogP) is 1.59. The summed E-state index contributed by atoms with van der Waals surface area (Å²) in [7, 11) is 0. The molecule has 1 unspecified atom stereocenters. The first-order valence-electron chi connectivity index (χ1n) is 10.1. The molecule has 0 aromatic carbocycles. The van der Waals surface area contributed by atoms with Crippen LogP contribution in [0.2, 0.25) is 0 Å². The fourth-order valence-electron chi connectivity index (χ4n) is 4.45. The summed E-state index contributed by atoms with van der Waals surface area (Å²) in [5, 5.41) is 12.0. The van der Waals surface area contributed by atoms with E-state index < -0.39 is 0 Å². The van der Waals surface area contributed by atoms with Crippen LogP contribution in [0.25, 0.3) is 0 Å². The van der Waals surface area contributed by atoms with Gasteiger partial charge in [-0.15, -0.1) is 0 Å². The molecule has 2 aromatic heterocycles. The highest BCUT2D eigenvalue weighted by molar-refractivity contribution is 6.03. The van der Waals surface area contributed by atoms with Crippen molar-refractivity contribution in [2.45, 2.75) is 25.4 Å². The SMILES string of the molecule is N#Cc1ccc(N2CCN(Cc3cnc4c(c3)NC(=O)C3CCCN43)CC2)nc1. The highest BCUT2D eigenvalue weighted by Gasteiger charge is 2.37. The Labute approximate surface area is 169 Å². The second-order valence-corrected chi connectivity index (χ2v) is 7.84. The molecule has 8 heteroatoms. The standard InChI is InChI=1S/C21H23N7O/c22-11-15-3-4-19(23-12-15)27-8-6-26(7-9-27)14-16-10-17-20(24-13-16)28-5-1-2-18(28)21(29)25-17/h3-4,10,12-13,18H,1-2,5-9,14H2,(H,25,29). The summed E-state index contributed by atoms with van der Waals surface area (Å²) in [5.41, 5.74) is 2.54. The van der Waals surface area contributed by atoms with E-state index in [1.165, 1.54) is 0 Å². The molecule has 1 amide bonds. The Kier molecular flexibility index (Phi) is 4.52. The first kappa shape index (κ1) is 17.9. The van der Waals surface area contributed by atoms with E-state index in [0.29, 0.717) is 5.56 Å². The summed E-state index contributed by atoms with van der Waals surface area (Å²) in [5.74, 6) is 1.92. The Balaban J connectivity index is 1.22. The zero-order valence-corrected chi connectivity index (χ0v) is 16.2. The van der Waals surface area contributed by atoms with Crippen molar-refractivity contribution in [1.82, 2.24) is 14.9 Å². The van der Waals surface area contributed by atoms with Gasteiger partial charge in [0.2, 0.25) is 5.91 Å². The van der Waals surface area contributed by atoms with E-state index in [1.54, 1.807) is 6.20 Å². The van der Waals surface area contributed by atoms with Gasteiger partial charge in [0.25, 0.3) is 0 Å². The number of carbonyl (C=O) groups is 1. The number of anilines is 3. The minimum Gasteiger partial charge on any atom is -0.354 e. The van der Waals surface area contributed by atoms with Gasteiger partial charge in [0, 0.05) is 51.7 Å². The number of fused-ring (bicyclic) bond motifs is 3. The largest absolute Gasteiger partial charge is 0.354 e. The summed E-state index contributed by atoms with van der Waals surface area (Å²) in [6.07, 6.45) is 5.52. The third-order valence-electron chi connectivity index (χ3n) is 5.99. The topological polar surface area (TPSA) is 88.4 Å².